The van der Waals surface area contributed by atoms with Crippen molar-refractivity contribution in [1.29, 1.82) is 0 Å². The van der Waals surface area contributed by atoms with Gasteiger partial charge in [0.05, 0.1) is 11.9 Å². The second-order valence-electron chi connectivity index (χ2n) is 6.59. The van der Waals surface area contributed by atoms with E-state index >= 15 is 0 Å². The Labute approximate surface area is 160 Å². The molecular formula is C18H21N5OS2. The summed E-state index contributed by atoms with van der Waals surface area (Å²) >= 11 is 3.40. The second kappa shape index (κ2) is 7.30. The van der Waals surface area contributed by atoms with Crippen molar-refractivity contribution in [3.8, 4) is 10.4 Å². The normalized spacial score (nSPS) is 16.2. The lowest BCUT2D eigenvalue weighted by molar-refractivity contribution is -0.119. The molecular weight excluding hydrogens is 366 g/mol. The fourth-order valence-corrected chi connectivity index (χ4v) is 5.22. The van der Waals surface area contributed by atoms with Gasteiger partial charge in [0.2, 0.25) is 5.91 Å². The summed E-state index contributed by atoms with van der Waals surface area (Å²) in [7, 11) is 0. The van der Waals surface area contributed by atoms with Crippen LogP contribution in [-0.2, 0) is 4.79 Å². The third-order valence-electron chi connectivity index (χ3n) is 4.64. The lowest BCUT2D eigenvalue weighted by Gasteiger charge is -2.31. The summed E-state index contributed by atoms with van der Waals surface area (Å²) in [6, 6.07) is 4.55. The largest absolute Gasteiger partial charge is 0.369 e. The van der Waals surface area contributed by atoms with Gasteiger partial charge in [-0.3, -0.25) is 9.69 Å². The number of aryl methyl sites for hydroxylation is 1. The number of likely N-dealkylation sites (tertiary alicyclic amines) is 1. The summed E-state index contributed by atoms with van der Waals surface area (Å²) in [5.74, 6) is 1.44. The average molecular weight is 388 g/mol. The first-order chi connectivity index (χ1) is 12.6. The third kappa shape index (κ3) is 3.58. The van der Waals surface area contributed by atoms with E-state index in [0.717, 1.165) is 47.8 Å². The van der Waals surface area contributed by atoms with E-state index < -0.39 is 0 Å². The first-order valence-corrected chi connectivity index (χ1v) is 10.4. The SMILES string of the molecule is Cc1nc(NC2CCN(CC(N)=O)CC2)c2c(-c3cccs3)csc2n1. The number of anilines is 1. The molecule has 0 radical (unpaired) electrons. The molecule has 0 spiro atoms. The van der Waals surface area contributed by atoms with Crippen molar-refractivity contribution >= 4 is 44.6 Å². The lowest BCUT2D eigenvalue weighted by atomic mass is 10.0. The molecule has 0 aliphatic carbocycles. The van der Waals surface area contributed by atoms with Crippen LogP contribution in [0.4, 0.5) is 5.82 Å². The van der Waals surface area contributed by atoms with Crippen LogP contribution in [0.1, 0.15) is 18.7 Å². The van der Waals surface area contributed by atoms with Crippen molar-refractivity contribution in [3.63, 3.8) is 0 Å². The highest BCUT2D eigenvalue weighted by molar-refractivity contribution is 7.18. The number of hydrogen-bond acceptors (Lipinski definition) is 7. The zero-order chi connectivity index (χ0) is 18.1. The summed E-state index contributed by atoms with van der Waals surface area (Å²) in [5, 5.41) is 9.02. The van der Waals surface area contributed by atoms with Crippen molar-refractivity contribution in [3.05, 3.63) is 28.7 Å². The quantitative estimate of drug-likeness (QED) is 0.703. The van der Waals surface area contributed by atoms with Gasteiger partial charge in [0.1, 0.15) is 16.5 Å². The van der Waals surface area contributed by atoms with Crippen LogP contribution in [-0.4, -0.2) is 46.5 Å². The number of carbonyl (C=O) groups excluding carboxylic acids is 1. The molecule has 4 rings (SSSR count). The van der Waals surface area contributed by atoms with Crippen LogP contribution in [0, 0.1) is 6.92 Å². The Morgan fingerprint density at radius 2 is 2.15 bits per heavy atom. The first kappa shape index (κ1) is 17.4. The van der Waals surface area contributed by atoms with E-state index in [2.05, 4.69) is 38.1 Å². The summed E-state index contributed by atoms with van der Waals surface area (Å²) in [5.41, 5.74) is 6.50. The predicted molar refractivity (Wildman–Crippen MR) is 108 cm³/mol. The lowest BCUT2D eigenvalue weighted by Crippen LogP contribution is -2.43. The minimum atomic E-state index is -0.261. The zero-order valence-electron chi connectivity index (χ0n) is 14.6. The maximum atomic E-state index is 11.1. The summed E-state index contributed by atoms with van der Waals surface area (Å²) in [6.45, 7) is 4.02. The Morgan fingerprint density at radius 3 is 2.85 bits per heavy atom. The molecule has 1 aliphatic rings. The standard InChI is InChI=1S/C18H21N5OS2/c1-11-20-17(22-12-4-6-23(7-5-12)9-15(19)24)16-13(10-26-18(16)21-11)14-3-2-8-25-14/h2-3,8,10,12H,4-7,9H2,1H3,(H2,19,24)(H,20,21,22). The zero-order valence-corrected chi connectivity index (χ0v) is 16.2. The van der Waals surface area contributed by atoms with Crippen LogP contribution in [0.2, 0.25) is 0 Å². The third-order valence-corrected chi connectivity index (χ3v) is 6.42. The number of carbonyl (C=O) groups is 1. The Balaban J connectivity index is 1.59. The van der Waals surface area contributed by atoms with Gasteiger partial charge in [0.25, 0.3) is 0 Å². The van der Waals surface area contributed by atoms with Crippen molar-refractivity contribution in [2.24, 2.45) is 5.73 Å². The number of nitrogens with two attached hydrogens (primary N) is 1. The van der Waals surface area contributed by atoms with Crippen LogP contribution >= 0.6 is 22.7 Å². The number of rotatable bonds is 5. The Hall–Kier alpha value is -2.03. The minimum absolute atomic E-state index is 0.261. The molecule has 3 aromatic heterocycles. The number of aromatic nitrogens is 2. The van der Waals surface area contributed by atoms with Crippen LogP contribution in [0.25, 0.3) is 20.7 Å². The molecule has 1 aliphatic heterocycles. The van der Waals surface area contributed by atoms with E-state index in [0.29, 0.717) is 12.6 Å². The van der Waals surface area contributed by atoms with Gasteiger partial charge in [-0.2, -0.15) is 0 Å². The minimum Gasteiger partial charge on any atom is -0.369 e. The summed E-state index contributed by atoms with van der Waals surface area (Å²) < 4.78 is 0. The maximum Gasteiger partial charge on any atom is 0.231 e. The molecule has 0 atom stereocenters. The van der Waals surface area contributed by atoms with E-state index in [-0.39, 0.29) is 5.91 Å². The molecule has 1 fully saturated rings. The second-order valence-corrected chi connectivity index (χ2v) is 8.39. The van der Waals surface area contributed by atoms with Gasteiger partial charge >= 0.3 is 0 Å². The van der Waals surface area contributed by atoms with E-state index in [1.807, 2.05) is 6.92 Å². The van der Waals surface area contributed by atoms with E-state index in [1.54, 1.807) is 22.7 Å². The monoisotopic (exact) mass is 387 g/mol. The van der Waals surface area contributed by atoms with Crippen LogP contribution in [0.15, 0.2) is 22.9 Å². The number of hydrogen-bond donors (Lipinski definition) is 2. The molecule has 3 aromatic rings. The molecule has 0 bridgehead atoms. The van der Waals surface area contributed by atoms with Crippen molar-refractivity contribution < 1.29 is 4.79 Å². The average Bonchev–Trinajstić information content (AvgIpc) is 3.25. The van der Waals surface area contributed by atoms with Crippen LogP contribution in [0.3, 0.4) is 0 Å². The highest BCUT2D eigenvalue weighted by Gasteiger charge is 2.22. The van der Waals surface area contributed by atoms with Gasteiger partial charge in [0, 0.05) is 35.0 Å². The molecule has 8 heteroatoms. The van der Waals surface area contributed by atoms with Crippen molar-refractivity contribution in [2.45, 2.75) is 25.8 Å². The molecule has 136 valence electrons. The fourth-order valence-electron chi connectivity index (χ4n) is 3.42. The maximum absolute atomic E-state index is 11.1. The molecule has 6 nitrogen and oxygen atoms in total. The number of nitrogens with one attached hydrogen (secondary N) is 1. The topological polar surface area (TPSA) is 84.1 Å². The summed E-state index contributed by atoms with van der Waals surface area (Å²) in [6.07, 6.45) is 1.94. The highest BCUT2D eigenvalue weighted by Crippen LogP contribution is 2.39. The van der Waals surface area contributed by atoms with Gasteiger partial charge in [-0.1, -0.05) is 6.07 Å². The molecule has 1 amide bonds. The van der Waals surface area contributed by atoms with E-state index in [9.17, 15) is 4.79 Å². The van der Waals surface area contributed by atoms with Gasteiger partial charge in [0.15, 0.2) is 0 Å². The van der Waals surface area contributed by atoms with Crippen molar-refractivity contribution in [1.82, 2.24) is 14.9 Å². The number of nitrogens with zero attached hydrogens (tertiary/aromatic N) is 3. The number of fused-ring (bicyclic) bond motifs is 1. The van der Waals surface area contributed by atoms with Crippen LogP contribution < -0.4 is 11.1 Å². The van der Waals surface area contributed by atoms with Gasteiger partial charge in [-0.05, 0) is 31.2 Å². The van der Waals surface area contributed by atoms with Gasteiger partial charge in [-0.15, -0.1) is 22.7 Å². The van der Waals surface area contributed by atoms with Crippen LogP contribution in [0.5, 0.6) is 0 Å². The fraction of sp³-hybridized carbons (Fsp3) is 0.389. The highest BCUT2D eigenvalue weighted by atomic mass is 32.1. The molecule has 4 heterocycles. The molecule has 3 N–H and O–H groups in total. The number of primary amides is 1. The number of thiophene rings is 2. The van der Waals surface area contributed by atoms with Crippen molar-refractivity contribution in [2.75, 3.05) is 25.0 Å². The first-order valence-electron chi connectivity index (χ1n) is 8.67. The Morgan fingerprint density at radius 1 is 1.35 bits per heavy atom. The smallest absolute Gasteiger partial charge is 0.231 e. The molecule has 1 saturated heterocycles. The van der Waals surface area contributed by atoms with E-state index in [4.69, 9.17) is 10.7 Å². The number of amides is 1. The van der Waals surface area contributed by atoms with E-state index in [1.165, 1.54) is 10.4 Å². The predicted octanol–water partition coefficient (Wildman–Crippen LogP) is 3.09. The van der Waals surface area contributed by atoms with Gasteiger partial charge < -0.3 is 11.1 Å². The Kier molecular flexibility index (Phi) is 4.88. The number of piperidine rings is 1. The summed E-state index contributed by atoms with van der Waals surface area (Å²) in [4.78, 5) is 24.8. The molecule has 0 aromatic carbocycles. The molecule has 0 unspecified atom stereocenters. The molecule has 0 saturated carbocycles. The Bertz CT molecular complexity index is 913. The molecule has 26 heavy (non-hydrogen) atoms. The van der Waals surface area contributed by atoms with Gasteiger partial charge in [-0.25, -0.2) is 9.97 Å².